The molecule has 6 heteroatoms. The van der Waals surface area contributed by atoms with E-state index in [4.69, 9.17) is 10.2 Å². The maximum atomic E-state index is 4.86. The fraction of sp³-hybridized carbons (Fsp3) is 0.182. The summed E-state index contributed by atoms with van der Waals surface area (Å²) in [5.41, 5.74) is 8.10. The van der Waals surface area contributed by atoms with E-state index in [1.54, 1.807) is 0 Å². The lowest BCUT2D eigenvalue weighted by Gasteiger charge is -2.13. The highest BCUT2D eigenvalue weighted by Crippen LogP contribution is 2.24. The van der Waals surface area contributed by atoms with Gasteiger partial charge in [0.15, 0.2) is 0 Å². The highest BCUT2D eigenvalue weighted by molar-refractivity contribution is 6.09. The molecule has 0 unspecified atom stereocenters. The third-order valence-corrected chi connectivity index (χ3v) is 9.44. The number of aromatic nitrogens is 2. The van der Waals surface area contributed by atoms with Crippen LogP contribution >= 0.6 is 0 Å². The van der Waals surface area contributed by atoms with E-state index in [0.29, 0.717) is 0 Å². The molecule has 0 bridgehead atoms. The van der Waals surface area contributed by atoms with Crippen molar-refractivity contribution in [2.24, 2.45) is 10.2 Å². The lowest BCUT2D eigenvalue weighted by molar-refractivity contribution is -0.672. The summed E-state index contributed by atoms with van der Waals surface area (Å²) in [6, 6.07) is 51.0. The zero-order valence-electron chi connectivity index (χ0n) is 28.9. The first-order chi connectivity index (χ1) is 24.7. The molecule has 7 rings (SSSR count). The number of hydrazone groups is 2. The molecular formula is C44H44N6+2. The van der Waals surface area contributed by atoms with Crippen molar-refractivity contribution >= 4 is 56.5 Å². The molecule has 0 amide bonds. The van der Waals surface area contributed by atoms with Gasteiger partial charge in [-0.25, -0.2) is 0 Å². The molecule has 0 saturated carbocycles. The molecule has 0 aliphatic heterocycles. The molecule has 0 fully saturated rings. The minimum atomic E-state index is 0.947. The second-order valence-electron chi connectivity index (χ2n) is 12.7. The van der Waals surface area contributed by atoms with E-state index in [0.717, 1.165) is 61.4 Å². The normalized spacial score (nSPS) is 11.7. The maximum absolute atomic E-state index is 4.86. The number of aryl methyl sites for hydroxylation is 2. The molecule has 248 valence electrons. The van der Waals surface area contributed by atoms with Gasteiger partial charge in [-0.3, -0.25) is 10.0 Å². The fourth-order valence-electron chi connectivity index (χ4n) is 6.77. The van der Waals surface area contributed by atoms with Crippen LogP contribution in [0, 0.1) is 0 Å². The van der Waals surface area contributed by atoms with Crippen molar-refractivity contribution in [3.8, 4) is 0 Å². The second kappa shape index (κ2) is 15.6. The Morgan fingerprint density at radius 3 is 1.54 bits per heavy atom. The van der Waals surface area contributed by atoms with E-state index in [1.807, 2.05) is 72.9 Å². The molecule has 2 heterocycles. The lowest BCUT2D eigenvalue weighted by atomic mass is 10.0. The number of benzene rings is 5. The summed E-state index contributed by atoms with van der Waals surface area (Å²) < 4.78 is 4.92. The van der Waals surface area contributed by atoms with Crippen LogP contribution in [-0.4, -0.2) is 26.5 Å². The van der Waals surface area contributed by atoms with Crippen molar-refractivity contribution in [1.82, 2.24) is 0 Å². The first-order valence-electron chi connectivity index (χ1n) is 17.6. The molecule has 0 aliphatic carbocycles. The summed E-state index contributed by atoms with van der Waals surface area (Å²) in [4.78, 5) is 0. The molecule has 0 radical (unpaired) electrons. The zero-order valence-corrected chi connectivity index (χ0v) is 28.9. The number of para-hydroxylation sites is 5. The first kappa shape index (κ1) is 32.7. The summed E-state index contributed by atoms with van der Waals surface area (Å²) in [5, 5.41) is 17.2. The summed E-state index contributed by atoms with van der Waals surface area (Å²) in [6.45, 7) is 1.91. The standard InChI is InChI=1S/C44H44N6/c1-47(36-20-7-5-8-21-36)45-33-38-30-29-35-19-11-14-26-42(35)49(38)31-17-3-4-18-32-50-43-27-15-12-24-39(43)41(40-25-13-16-28-44(40)50)34-46-48(2)37-22-9-6-10-23-37/h5-16,19-30,33-34H,3-4,17-18,31-32H2,1-2H3/q+2. The third kappa shape index (κ3) is 7.25. The van der Waals surface area contributed by atoms with E-state index in [9.17, 15) is 0 Å². The van der Waals surface area contributed by atoms with Crippen LogP contribution in [0.2, 0.25) is 0 Å². The zero-order chi connectivity index (χ0) is 34.1. The summed E-state index contributed by atoms with van der Waals surface area (Å²) in [7, 11) is 3.99. The number of hydrogen-bond acceptors (Lipinski definition) is 4. The molecular weight excluding hydrogens is 613 g/mol. The molecule has 0 saturated heterocycles. The number of rotatable bonds is 13. The lowest BCUT2D eigenvalue weighted by Crippen LogP contribution is -2.39. The van der Waals surface area contributed by atoms with Crippen molar-refractivity contribution in [3.05, 3.63) is 157 Å². The number of nitrogens with zero attached hydrogens (tertiary/aromatic N) is 6. The summed E-state index contributed by atoms with van der Waals surface area (Å²) in [6.07, 6.45) is 8.53. The Kier molecular flexibility index (Phi) is 10.2. The van der Waals surface area contributed by atoms with E-state index in [-0.39, 0.29) is 0 Å². The number of hydrogen-bond donors (Lipinski definition) is 0. The largest absolute Gasteiger partial charge is 0.269 e. The Labute approximate surface area is 294 Å². The quantitative estimate of drug-likeness (QED) is 0.0409. The number of fused-ring (bicyclic) bond motifs is 3. The van der Waals surface area contributed by atoms with Crippen LogP contribution in [0.1, 0.15) is 36.9 Å². The average molecular weight is 657 g/mol. The maximum Gasteiger partial charge on any atom is 0.225 e. The SMILES string of the molecule is CN(/N=C/c1c2ccccc2[n+](CCCCCC[n+]2c(/C=N/N(C)c3ccccc3)ccc3ccccc32)c2ccccc12)c1ccccc1. The van der Waals surface area contributed by atoms with Gasteiger partial charge in [0.2, 0.25) is 22.2 Å². The molecule has 5 aromatic carbocycles. The summed E-state index contributed by atoms with van der Waals surface area (Å²) in [5.74, 6) is 0. The molecule has 7 aromatic rings. The number of unbranched alkanes of at least 4 members (excludes halogenated alkanes) is 3. The van der Waals surface area contributed by atoms with Crippen LogP contribution in [0.3, 0.4) is 0 Å². The van der Waals surface area contributed by atoms with Crippen molar-refractivity contribution in [3.63, 3.8) is 0 Å². The van der Waals surface area contributed by atoms with Crippen LogP contribution in [0.4, 0.5) is 11.4 Å². The molecule has 50 heavy (non-hydrogen) atoms. The Morgan fingerprint density at radius 2 is 0.940 bits per heavy atom. The Morgan fingerprint density at radius 1 is 0.460 bits per heavy atom. The second-order valence-corrected chi connectivity index (χ2v) is 12.7. The predicted octanol–water partition coefficient (Wildman–Crippen LogP) is 8.92. The molecule has 0 spiro atoms. The fourth-order valence-corrected chi connectivity index (χ4v) is 6.77. The van der Waals surface area contributed by atoms with Crippen molar-refractivity contribution in [2.75, 3.05) is 24.1 Å². The highest BCUT2D eigenvalue weighted by Gasteiger charge is 2.20. The smallest absolute Gasteiger partial charge is 0.225 e. The van der Waals surface area contributed by atoms with Crippen LogP contribution in [0.15, 0.2) is 156 Å². The Hall–Kier alpha value is -5.88. The Balaban J connectivity index is 1.06. The monoisotopic (exact) mass is 656 g/mol. The van der Waals surface area contributed by atoms with E-state index in [2.05, 4.69) is 118 Å². The van der Waals surface area contributed by atoms with Gasteiger partial charge in [0.05, 0.1) is 28.4 Å². The van der Waals surface area contributed by atoms with Gasteiger partial charge in [0.25, 0.3) is 0 Å². The topological polar surface area (TPSA) is 39.0 Å². The van der Waals surface area contributed by atoms with Gasteiger partial charge in [-0.05, 0) is 61.4 Å². The minimum Gasteiger partial charge on any atom is -0.269 e. The van der Waals surface area contributed by atoms with Gasteiger partial charge >= 0.3 is 0 Å². The third-order valence-electron chi connectivity index (χ3n) is 9.44. The van der Waals surface area contributed by atoms with Gasteiger partial charge in [0, 0.05) is 62.2 Å². The van der Waals surface area contributed by atoms with Crippen LogP contribution in [0.25, 0.3) is 32.7 Å². The van der Waals surface area contributed by atoms with Crippen LogP contribution in [-0.2, 0) is 13.1 Å². The van der Waals surface area contributed by atoms with Crippen molar-refractivity contribution in [2.45, 2.75) is 38.8 Å². The molecule has 6 nitrogen and oxygen atoms in total. The molecule has 0 N–H and O–H groups in total. The van der Waals surface area contributed by atoms with Crippen molar-refractivity contribution < 1.29 is 9.13 Å². The van der Waals surface area contributed by atoms with E-state index >= 15 is 0 Å². The van der Waals surface area contributed by atoms with Gasteiger partial charge in [-0.1, -0.05) is 72.8 Å². The molecule has 0 aliphatic rings. The molecule has 2 aromatic heterocycles. The van der Waals surface area contributed by atoms with Crippen molar-refractivity contribution in [1.29, 1.82) is 0 Å². The average Bonchev–Trinajstić information content (AvgIpc) is 3.18. The van der Waals surface area contributed by atoms with Gasteiger partial charge < -0.3 is 0 Å². The molecule has 0 atom stereocenters. The minimum absolute atomic E-state index is 0.947. The number of pyridine rings is 2. The van der Waals surface area contributed by atoms with E-state index < -0.39 is 0 Å². The van der Waals surface area contributed by atoms with Crippen LogP contribution < -0.4 is 19.2 Å². The van der Waals surface area contributed by atoms with Gasteiger partial charge in [-0.15, -0.1) is 0 Å². The van der Waals surface area contributed by atoms with E-state index in [1.165, 1.54) is 32.7 Å². The van der Waals surface area contributed by atoms with Gasteiger partial charge in [-0.2, -0.15) is 19.3 Å². The first-order valence-corrected chi connectivity index (χ1v) is 17.6. The highest BCUT2D eigenvalue weighted by atomic mass is 15.4. The Bertz CT molecular complexity index is 2210. The summed E-state index contributed by atoms with van der Waals surface area (Å²) >= 11 is 0. The van der Waals surface area contributed by atoms with Crippen LogP contribution in [0.5, 0.6) is 0 Å². The number of anilines is 2. The predicted molar refractivity (Wildman–Crippen MR) is 209 cm³/mol. The van der Waals surface area contributed by atoms with Gasteiger partial charge in [0.1, 0.15) is 19.3 Å².